The molecule has 0 heterocycles. The minimum absolute atomic E-state index is 0.0768. The first-order valence-electron chi connectivity index (χ1n) is 4.68. The maximum atomic E-state index is 11.8. The molecule has 0 aliphatic carbocycles. The average Bonchev–Trinajstić information content (AvgIpc) is 2.26. The van der Waals surface area contributed by atoms with Gasteiger partial charge in [0, 0.05) is 0 Å². The van der Waals surface area contributed by atoms with Crippen molar-refractivity contribution in [2.75, 3.05) is 18.0 Å². The molecule has 1 aromatic rings. The van der Waals surface area contributed by atoms with Crippen molar-refractivity contribution in [3.8, 4) is 6.07 Å². The number of rotatable bonds is 4. The highest BCUT2D eigenvalue weighted by molar-refractivity contribution is 7.92. The largest absolute Gasteiger partial charge is 0.398 e. The second kappa shape index (κ2) is 5.32. The first kappa shape index (κ1) is 13.0. The first-order chi connectivity index (χ1) is 7.97. The summed E-state index contributed by atoms with van der Waals surface area (Å²) in [6.45, 7) is -0.224. The summed E-state index contributed by atoms with van der Waals surface area (Å²) in [5, 5.41) is 10.4. The van der Waals surface area contributed by atoms with E-state index in [1.165, 1.54) is 18.2 Å². The van der Waals surface area contributed by atoms with Gasteiger partial charge < -0.3 is 11.1 Å². The molecule has 0 aliphatic heterocycles. The maximum absolute atomic E-state index is 11.8. The number of para-hydroxylation sites is 1. The Balaban J connectivity index is 2.87. The fourth-order valence-corrected chi connectivity index (χ4v) is 2.52. The van der Waals surface area contributed by atoms with E-state index >= 15 is 0 Å². The van der Waals surface area contributed by atoms with Crippen molar-refractivity contribution in [1.82, 2.24) is 5.32 Å². The summed E-state index contributed by atoms with van der Waals surface area (Å²) in [5.41, 5.74) is 5.62. The number of hydrogen-bond donors (Lipinski definition) is 2. The lowest BCUT2D eigenvalue weighted by Crippen LogP contribution is -2.30. The van der Waals surface area contributed by atoms with Crippen molar-refractivity contribution < 1.29 is 13.2 Å². The van der Waals surface area contributed by atoms with Gasteiger partial charge in [-0.05, 0) is 12.1 Å². The lowest BCUT2D eigenvalue weighted by Gasteiger charge is -2.06. The lowest BCUT2D eigenvalue weighted by molar-refractivity contribution is -0.118. The number of nitrogen functional groups attached to an aromatic ring is 1. The van der Waals surface area contributed by atoms with Gasteiger partial charge in [0.2, 0.25) is 5.91 Å². The number of sulfone groups is 1. The van der Waals surface area contributed by atoms with Gasteiger partial charge in [-0.1, -0.05) is 12.1 Å². The molecule has 7 heteroatoms. The Hall–Kier alpha value is -2.07. The third-order valence-electron chi connectivity index (χ3n) is 1.94. The van der Waals surface area contributed by atoms with Crippen LogP contribution in [0.15, 0.2) is 29.2 Å². The Kier molecular flexibility index (Phi) is 4.06. The van der Waals surface area contributed by atoms with Crippen LogP contribution in [-0.2, 0) is 14.6 Å². The van der Waals surface area contributed by atoms with Crippen LogP contribution in [0.25, 0.3) is 0 Å². The molecule has 1 aromatic carbocycles. The second-order valence-corrected chi connectivity index (χ2v) is 5.19. The fraction of sp³-hybridized carbons (Fsp3) is 0.200. The van der Waals surface area contributed by atoms with Gasteiger partial charge in [-0.25, -0.2) is 8.42 Å². The van der Waals surface area contributed by atoms with E-state index in [-0.39, 0.29) is 17.1 Å². The summed E-state index contributed by atoms with van der Waals surface area (Å²) in [4.78, 5) is 11.1. The number of benzene rings is 1. The van der Waals surface area contributed by atoms with Crippen LogP contribution in [0.5, 0.6) is 0 Å². The molecule has 0 bridgehead atoms. The molecule has 0 saturated carbocycles. The van der Waals surface area contributed by atoms with Gasteiger partial charge in [0.1, 0.15) is 12.3 Å². The van der Waals surface area contributed by atoms with Crippen molar-refractivity contribution in [1.29, 1.82) is 5.26 Å². The summed E-state index contributed by atoms with van der Waals surface area (Å²) in [6, 6.07) is 7.59. The second-order valence-electron chi connectivity index (χ2n) is 3.23. The van der Waals surface area contributed by atoms with Crippen LogP contribution >= 0.6 is 0 Å². The van der Waals surface area contributed by atoms with Crippen molar-refractivity contribution in [3.05, 3.63) is 24.3 Å². The molecule has 6 nitrogen and oxygen atoms in total. The van der Waals surface area contributed by atoms with E-state index in [0.29, 0.717) is 0 Å². The summed E-state index contributed by atoms with van der Waals surface area (Å²) >= 11 is 0. The number of hydrogen-bond acceptors (Lipinski definition) is 5. The minimum Gasteiger partial charge on any atom is -0.398 e. The molecule has 3 N–H and O–H groups in total. The molecule has 1 amide bonds. The van der Waals surface area contributed by atoms with E-state index < -0.39 is 21.5 Å². The van der Waals surface area contributed by atoms with Crippen molar-refractivity contribution in [2.24, 2.45) is 0 Å². The standard InChI is InChI=1S/C10H11N3O3S/c11-5-6-13-10(14)7-17(15,16)9-4-2-1-3-8(9)12/h1-4H,6-7,12H2,(H,13,14). The highest BCUT2D eigenvalue weighted by Crippen LogP contribution is 2.18. The normalized spacial score (nSPS) is 10.5. The molecule has 0 saturated heterocycles. The predicted octanol–water partition coefficient (Wildman–Crippen LogP) is -0.318. The maximum Gasteiger partial charge on any atom is 0.236 e. The number of nitrogens with two attached hydrogens (primary N) is 1. The molecule has 0 radical (unpaired) electrons. The summed E-state index contributed by atoms with van der Waals surface area (Å²) in [7, 11) is -3.77. The molecule has 0 aliphatic rings. The smallest absolute Gasteiger partial charge is 0.236 e. The van der Waals surface area contributed by atoms with E-state index in [1.54, 1.807) is 12.1 Å². The van der Waals surface area contributed by atoms with Crippen LogP contribution in [0.2, 0.25) is 0 Å². The zero-order valence-corrected chi connectivity index (χ0v) is 9.70. The summed E-state index contributed by atoms with van der Waals surface area (Å²) in [6.07, 6.45) is 0. The van der Waals surface area contributed by atoms with Gasteiger partial charge in [-0.15, -0.1) is 0 Å². The van der Waals surface area contributed by atoms with Crippen molar-refractivity contribution in [3.63, 3.8) is 0 Å². The highest BCUT2D eigenvalue weighted by atomic mass is 32.2. The number of carbonyl (C=O) groups is 1. The van der Waals surface area contributed by atoms with E-state index in [9.17, 15) is 13.2 Å². The topological polar surface area (TPSA) is 113 Å². The van der Waals surface area contributed by atoms with Gasteiger partial charge >= 0.3 is 0 Å². The molecule has 17 heavy (non-hydrogen) atoms. The highest BCUT2D eigenvalue weighted by Gasteiger charge is 2.20. The van der Waals surface area contributed by atoms with E-state index in [1.807, 2.05) is 0 Å². The van der Waals surface area contributed by atoms with Crippen LogP contribution in [0, 0.1) is 11.3 Å². The van der Waals surface area contributed by atoms with Crippen LogP contribution < -0.4 is 11.1 Å². The number of carbonyl (C=O) groups excluding carboxylic acids is 1. The van der Waals surface area contributed by atoms with Gasteiger partial charge in [0.05, 0.1) is 16.7 Å². The molecular weight excluding hydrogens is 242 g/mol. The van der Waals surface area contributed by atoms with Crippen molar-refractivity contribution >= 4 is 21.4 Å². The van der Waals surface area contributed by atoms with Crippen LogP contribution in [0.1, 0.15) is 0 Å². The first-order valence-corrected chi connectivity index (χ1v) is 6.33. The monoisotopic (exact) mass is 253 g/mol. The lowest BCUT2D eigenvalue weighted by atomic mass is 10.3. The van der Waals surface area contributed by atoms with Gasteiger partial charge in [-0.2, -0.15) is 5.26 Å². The summed E-state index contributed by atoms with van der Waals surface area (Å²) in [5.74, 6) is -1.45. The third-order valence-corrected chi connectivity index (χ3v) is 3.62. The van der Waals surface area contributed by atoms with Crippen molar-refractivity contribution in [2.45, 2.75) is 4.90 Å². The molecule has 90 valence electrons. The molecule has 0 spiro atoms. The zero-order valence-electron chi connectivity index (χ0n) is 8.88. The van der Waals surface area contributed by atoms with Gasteiger partial charge in [-0.3, -0.25) is 4.79 Å². The van der Waals surface area contributed by atoms with E-state index in [4.69, 9.17) is 11.0 Å². The van der Waals surface area contributed by atoms with E-state index in [0.717, 1.165) is 0 Å². The molecule has 1 rings (SSSR count). The fourth-order valence-electron chi connectivity index (χ4n) is 1.20. The third kappa shape index (κ3) is 3.46. The number of amides is 1. The van der Waals surface area contributed by atoms with Crippen LogP contribution in [0.4, 0.5) is 5.69 Å². The zero-order chi connectivity index (χ0) is 12.9. The summed E-state index contributed by atoms with van der Waals surface area (Å²) < 4.78 is 23.6. The van der Waals surface area contributed by atoms with Crippen LogP contribution in [0.3, 0.4) is 0 Å². The van der Waals surface area contributed by atoms with Gasteiger partial charge in [0.25, 0.3) is 0 Å². The SMILES string of the molecule is N#CCNC(=O)CS(=O)(=O)c1ccccc1N. The number of nitrogens with zero attached hydrogens (tertiary/aromatic N) is 1. The Bertz CT molecular complexity index is 560. The minimum atomic E-state index is -3.77. The molecule has 0 atom stereocenters. The molecule has 0 fully saturated rings. The molecular formula is C10H11N3O3S. The van der Waals surface area contributed by atoms with Gasteiger partial charge in [0.15, 0.2) is 9.84 Å². The Morgan fingerprint density at radius 1 is 1.41 bits per heavy atom. The van der Waals surface area contributed by atoms with E-state index in [2.05, 4.69) is 5.32 Å². The number of nitriles is 1. The Labute approximate surface area is 99.0 Å². The Morgan fingerprint density at radius 3 is 2.65 bits per heavy atom. The molecule has 0 aromatic heterocycles. The number of anilines is 1. The predicted molar refractivity (Wildman–Crippen MR) is 61.5 cm³/mol. The average molecular weight is 253 g/mol. The molecule has 0 unspecified atom stereocenters. The Morgan fingerprint density at radius 2 is 2.06 bits per heavy atom. The quantitative estimate of drug-likeness (QED) is 0.564. The van der Waals surface area contributed by atoms with Crippen LogP contribution in [-0.4, -0.2) is 26.6 Å². The number of nitrogens with one attached hydrogen (secondary N) is 1.